The van der Waals surface area contributed by atoms with E-state index in [1.54, 1.807) is 0 Å². The Morgan fingerprint density at radius 1 is 0.923 bits per heavy atom. The normalized spacial score (nSPS) is 1.85. The fraction of sp³-hybridized carbons (Fsp3) is 0.556. The van der Waals surface area contributed by atoms with E-state index in [1.165, 1.54) is 0 Å². The van der Waals surface area contributed by atoms with Crippen molar-refractivity contribution in [2.75, 3.05) is 0 Å². The summed E-state index contributed by atoms with van der Waals surface area (Å²) in [7, 11) is 0. The second-order valence-electron chi connectivity index (χ2n) is 0. The predicted octanol–water partition coefficient (Wildman–Crippen LogP) is 3.89. The molecule has 0 rings (SSSR count). The van der Waals surface area contributed by atoms with Crippen molar-refractivity contribution in [1.29, 1.82) is 10.5 Å². The quantitative estimate of drug-likeness (QED) is 0.574. The molecule has 0 spiro atoms. The molecule has 0 aromatic heterocycles. The summed E-state index contributed by atoms with van der Waals surface area (Å²) in [6, 6.07) is 0. The van der Waals surface area contributed by atoms with Gasteiger partial charge < -0.3 is 4.79 Å². The number of rotatable bonds is 0. The molecule has 84 valence electrons. The van der Waals surface area contributed by atoms with Crippen LogP contribution in [0.3, 0.4) is 0 Å². The molecule has 0 fully saturated rings. The summed E-state index contributed by atoms with van der Waals surface area (Å²) < 4.78 is 0. The first kappa shape index (κ1) is 60.3. The van der Waals surface area contributed by atoms with Crippen LogP contribution in [0.2, 0.25) is 0 Å². The second kappa shape index (κ2) is 642. The summed E-state index contributed by atoms with van der Waals surface area (Å²) >= 11 is 3.83. The highest BCUT2D eigenvalue weighted by atomic mass is 32.1. The summed E-state index contributed by atoms with van der Waals surface area (Å²) in [4.78, 5) is 8.00. The standard InChI is InChI=1S/2C2H6.2CHN.CH2O.CH2S.CH4.2H2/c6*1-2;;;/h2*1-2H3;2*1H;2*1H2;1H4;2*1H/i;;;;;;;2*1+2. The molecule has 0 aliphatic heterocycles. The van der Waals surface area contributed by atoms with Crippen LogP contribution in [0.1, 0.15) is 38.0 Å². The van der Waals surface area contributed by atoms with Gasteiger partial charge in [0.2, 0.25) is 0 Å². The molecule has 0 aromatic carbocycles. The molecule has 3 nitrogen and oxygen atoms in total. The Balaban J connectivity index is -0.00000000396. The van der Waals surface area contributed by atoms with Crippen LogP contribution in [-0.4, -0.2) is 12.7 Å². The maximum absolute atomic E-state index is 8.00. The molecule has 0 saturated carbocycles. The Morgan fingerprint density at radius 3 is 0.923 bits per heavy atom. The molecule has 0 aromatic rings. The maximum Gasteiger partial charge on any atom is 0.106 e. The lowest BCUT2D eigenvalue weighted by molar-refractivity contribution is -0.0979. The van der Waals surface area contributed by atoms with E-state index in [2.05, 4.69) is 31.2 Å². The summed E-state index contributed by atoms with van der Waals surface area (Å²) in [6.07, 6.45) is 0. The lowest BCUT2D eigenvalue weighted by atomic mass is 11.0. The molecule has 0 atom stereocenters. The third-order valence-electron chi connectivity index (χ3n) is 0. The number of hydrogen-bond donors (Lipinski definition) is 0. The number of hydrogen-bond acceptors (Lipinski definition) is 4. The van der Waals surface area contributed by atoms with Crippen molar-refractivity contribution in [2.45, 2.75) is 35.1 Å². The second-order valence-corrected chi connectivity index (χ2v) is 0. The Hall–Kier alpha value is -1.26. The van der Waals surface area contributed by atoms with Gasteiger partial charge in [-0.2, -0.15) is 0 Å². The molecule has 0 unspecified atom stereocenters. The minimum atomic E-state index is 0. The summed E-state index contributed by atoms with van der Waals surface area (Å²) in [5.41, 5.74) is 0. The van der Waals surface area contributed by atoms with Gasteiger partial charge in [-0.15, -0.1) is 0 Å². The fourth-order valence-electron chi connectivity index (χ4n) is 0. The van der Waals surface area contributed by atoms with E-state index in [0.29, 0.717) is 0 Å². The molecule has 0 amide bonds. The van der Waals surface area contributed by atoms with E-state index in [1.807, 2.05) is 34.5 Å². The lowest BCUT2D eigenvalue weighted by Gasteiger charge is -1.07. The predicted molar refractivity (Wildman–Crippen MR) is 68.8 cm³/mol. The SMILES string of the molecule is C.C#N.C#N.C=O.C=S.CC.CC.[3HH].[3HH]. The Morgan fingerprint density at radius 2 is 0.923 bits per heavy atom. The van der Waals surface area contributed by atoms with Crippen molar-refractivity contribution < 1.29 is 7.65 Å². The molecule has 0 heterocycles. The minimum Gasteiger partial charge on any atom is -0.307 e. The van der Waals surface area contributed by atoms with E-state index in [0.717, 1.165) is 0 Å². The Bertz CT molecular complexity index is 56.6. The van der Waals surface area contributed by atoms with Gasteiger partial charge in [-0.25, -0.2) is 10.5 Å². The largest absolute Gasteiger partial charge is 0.307 e. The van der Waals surface area contributed by atoms with Gasteiger partial charge in [0.1, 0.15) is 6.79 Å². The van der Waals surface area contributed by atoms with Crippen LogP contribution in [0.15, 0.2) is 0 Å². The van der Waals surface area contributed by atoms with Crippen molar-refractivity contribution in [1.82, 2.24) is 0 Å². The number of carbonyl (C=O) groups excluding carboxylic acids is 1. The highest BCUT2D eigenvalue weighted by molar-refractivity contribution is 7.77. The van der Waals surface area contributed by atoms with Crippen molar-refractivity contribution in [3.8, 4) is 13.1 Å². The number of nitriles is 2. The number of nitrogens with zero attached hydrogens (tertiary/aromatic N) is 2. The van der Waals surface area contributed by atoms with Crippen LogP contribution < -0.4 is 0 Å². The van der Waals surface area contributed by atoms with Crippen LogP contribution in [0.5, 0.6) is 0 Å². The first-order valence-corrected chi connectivity index (χ1v) is 3.67. The molecule has 0 N–H and O–H groups in total. The highest BCUT2D eigenvalue weighted by Gasteiger charge is 0.934. The third kappa shape index (κ3) is 517. The van der Waals surface area contributed by atoms with Gasteiger partial charge in [-0.1, -0.05) is 47.3 Å². The molecule has 0 bridgehead atoms. The van der Waals surface area contributed by atoms with Gasteiger partial charge in [-0.3, -0.25) is 0 Å². The fourth-order valence-corrected chi connectivity index (χ4v) is 0. The zero-order valence-corrected chi connectivity index (χ0v) is 9.10. The van der Waals surface area contributed by atoms with Crippen LogP contribution in [0.4, 0.5) is 0 Å². The van der Waals surface area contributed by atoms with E-state index in [-0.39, 0.29) is 10.3 Å². The molecule has 0 saturated heterocycles. The topological polar surface area (TPSA) is 64.7 Å². The van der Waals surface area contributed by atoms with E-state index < -0.39 is 0 Å². The zero-order chi connectivity index (χ0) is 12.0. The molecular weight excluding hydrogens is 184 g/mol. The molecule has 0 radical (unpaired) electrons. The van der Waals surface area contributed by atoms with E-state index in [4.69, 9.17) is 15.3 Å². The average molecular weight is 214 g/mol. The van der Waals surface area contributed by atoms with Crippen LogP contribution in [0.25, 0.3) is 0 Å². The van der Waals surface area contributed by atoms with Crippen molar-refractivity contribution in [3.05, 3.63) is 0 Å². The van der Waals surface area contributed by atoms with Gasteiger partial charge in [0.15, 0.2) is 0 Å². The smallest absolute Gasteiger partial charge is 0.106 e. The zero-order valence-electron chi connectivity index (χ0n) is 8.28. The number of thiocarbonyl (C=S) groups is 1. The Labute approximate surface area is 92.0 Å². The number of carbonyl (C=O) groups is 1. The van der Waals surface area contributed by atoms with Gasteiger partial charge in [0, 0.05) is 16.0 Å². The van der Waals surface area contributed by atoms with Gasteiger partial charge in [0.05, 0.1) is 0 Å². The average Bonchev–Trinajstić information content (AvgIpc) is 2.33. The third-order valence-corrected chi connectivity index (χ3v) is 0. The highest BCUT2D eigenvalue weighted by Crippen LogP contribution is 1.15. The minimum absolute atomic E-state index is 0. The first-order valence-electron chi connectivity index (χ1n) is 3.09. The molecule has 13 heavy (non-hydrogen) atoms. The summed E-state index contributed by atoms with van der Waals surface area (Å²) in [5, 5.41) is 13.0. The summed E-state index contributed by atoms with van der Waals surface area (Å²) in [5.74, 6) is 2.83. The van der Waals surface area contributed by atoms with E-state index in [9.17, 15) is 0 Å². The monoisotopic (exact) mass is 214 g/mol. The van der Waals surface area contributed by atoms with E-state index >= 15 is 0 Å². The lowest BCUT2D eigenvalue weighted by Crippen LogP contribution is -0.925. The maximum atomic E-state index is 8.00. The Kier molecular flexibility index (Phi) is 2980. The molecular formula is C9H26N2OS. The van der Waals surface area contributed by atoms with Crippen LogP contribution in [0, 0.1) is 23.7 Å². The molecule has 4 heteroatoms. The van der Waals surface area contributed by atoms with Crippen LogP contribution >= 0.6 is 12.2 Å². The van der Waals surface area contributed by atoms with Gasteiger partial charge >= 0.3 is 0 Å². The van der Waals surface area contributed by atoms with Crippen molar-refractivity contribution >= 4 is 24.9 Å². The van der Waals surface area contributed by atoms with Gasteiger partial charge in [-0.05, 0) is 5.87 Å². The van der Waals surface area contributed by atoms with Crippen LogP contribution in [-0.2, 0) is 4.79 Å². The molecule has 0 aliphatic carbocycles. The van der Waals surface area contributed by atoms with Crippen molar-refractivity contribution in [2.24, 2.45) is 0 Å². The van der Waals surface area contributed by atoms with Crippen molar-refractivity contribution in [3.63, 3.8) is 0 Å². The van der Waals surface area contributed by atoms with Gasteiger partial charge in [0.25, 0.3) is 0 Å². The summed E-state index contributed by atoms with van der Waals surface area (Å²) in [6.45, 7) is 17.0. The molecule has 0 aliphatic rings. The first-order chi connectivity index (χ1) is 6.00.